The van der Waals surface area contributed by atoms with Gasteiger partial charge in [-0.1, -0.05) is 18.2 Å². The predicted molar refractivity (Wildman–Crippen MR) is 72.6 cm³/mol. The molecule has 0 aliphatic carbocycles. The molecule has 0 saturated carbocycles. The number of hydrogen-bond acceptors (Lipinski definition) is 5. The number of para-hydroxylation sites is 1. The summed E-state index contributed by atoms with van der Waals surface area (Å²) in [5.41, 5.74) is 1.02. The lowest BCUT2D eigenvalue weighted by Crippen LogP contribution is -2.21. The van der Waals surface area contributed by atoms with E-state index in [1.54, 1.807) is 25.2 Å². The van der Waals surface area contributed by atoms with Crippen molar-refractivity contribution in [3.8, 4) is 11.6 Å². The van der Waals surface area contributed by atoms with Gasteiger partial charge in [-0.15, -0.1) is 0 Å². The minimum atomic E-state index is -2.90. The lowest BCUT2D eigenvalue weighted by atomic mass is 10.0. The summed E-state index contributed by atoms with van der Waals surface area (Å²) < 4.78 is 34.8. The monoisotopic (exact) mass is 295 g/mol. The number of benzene rings is 1. The fourth-order valence-electron chi connectivity index (χ4n) is 2.05. The van der Waals surface area contributed by atoms with Crippen LogP contribution in [0.25, 0.3) is 0 Å². The molecule has 2 aromatic rings. The second kappa shape index (κ2) is 6.94. The van der Waals surface area contributed by atoms with Crippen LogP contribution in [0.5, 0.6) is 11.6 Å². The zero-order valence-electron chi connectivity index (χ0n) is 11.6. The van der Waals surface area contributed by atoms with Crippen LogP contribution in [0.3, 0.4) is 0 Å². The van der Waals surface area contributed by atoms with Crippen LogP contribution >= 0.6 is 0 Å². The molecular formula is C14H15F2N3O2. The number of aromatic nitrogens is 2. The van der Waals surface area contributed by atoms with Crippen LogP contribution < -0.4 is 14.8 Å². The summed E-state index contributed by atoms with van der Waals surface area (Å²) in [5.74, 6) is 0.406. The van der Waals surface area contributed by atoms with Gasteiger partial charge in [0.05, 0.1) is 13.2 Å². The van der Waals surface area contributed by atoms with Crippen molar-refractivity contribution in [1.82, 2.24) is 15.3 Å². The average molecular weight is 295 g/mol. The number of ether oxygens (including phenoxy) is 2. The highest BCUT2D eigenvalue weighted by atomic mass is 19.3. The van der Waals surface area contributed by atoms with Gasteiger partial charge in [-0.3, -0.25) is 4.98 Å². The maximum atomic E-state index is 12.5. The highest BCUT2D eigenvalue weighted by molar-refractivity contribution is 5.42. The lowest BCUT2D eigenvalue weighted by molar-refractivity contribution is -0.0506. The molecule has 5 nitrogen and oxygen atoms in total. The topological polar surface area (TPSA) is 56.3 Å². The summed E-state index contributed by atoms with van der Waals surface area (Å²) in [6.07, 6.45) is 3.01. The molecule has 0 radical (unpaired) electrons. The Hall–Kier alpha value is -2.28. The van der Waals surface area contributed by atoms with E-state index in [1.807, 2.05) is 0 Å². The first-order valence-corrected chi connectivity index (χ1v) is 6.23. The van der Waals surface area contributed by atoms with E-state index in [9.17, 15) is 8.78 Å². The van der Waals surface area contributed by atoms with Crippen LogP contribution in [0.2, 0.25) is 0 Å². The highest BCUT2D eigenvalue weighted by Gasteiger charge is 2.23. The first-order valence-electron chi connectivity index (χ1n) is 6.23. The normalized spacial score (nSPS) is 12.2. The molecule has 0 spiro atoms. The van der Waals surface area contributed by atoms with Gasteiger partial charge in [-0.25, -0.2) is 4.98 Å². The molecule has 0 fully saturated rings. The molecule has 2 rings (SSSR count). The fourth-order valence-corrected chi connectivity index (χ4v) is 2.05. The van der Waals surface area contributed by atoms with Crippen molar-refractivity contribution in [2.24, 2.45) is 0 Å². The summed E-state index contributed by atoms with van der Waals surface area (Å²) in [6.45, 7) is -2.90. The number of halogens is 2. The Labute approximate surface area is 120 Å². The summed E-state index contributed by atoms with van der Waals surface area (Å²) in [5, 5.41) is 3.02. The third-order valence-corrected chi connectivity index (χ3v) is 2.89. The van der Waals surface area contributed by atoms with Crippen LogP contribution in [-0.2, 0) is 0 Å². The van der Waals surface area contributed by atoms with Crippen LogP contribution in [0, 0.1) is 0 Å². The molecule has 1 aromatic carbocycles. The van der Waals surface area contributed by atoms with E-state index in [1.165, 1.54) is 25.6 Å². The van der Waals surface area contributed by atoms with Gasteiger partial charge in [0.25, 0.3) is 0 Å². The van der Waals surface area contributed by atoms with Crippen molar-refractivity contribution in [3.63, 3.8) is 0 Å². The van der Waals surface area contributed by atoms with E-state index in [4.69, 9.17) is 4.74 Å². The van der Waals surface area contributed by atoms with E-state index in [-0.39, 0.29) is 5.75 Å². The Kier molecular flexibility index (Phi) is 4.99. The van der Waals surface area contributed by atoms with Crippen molar-refractivity contribution in [3.05, 3.63) is 47.9 Å². The summed E-state index contributed by atoms with van der Waals surface area (Å²) >= 11 is 0. The van der Waals surface area contributed by atoms with Crippen molar-refractivity contribution < 1.29 is 18.3 Å². The number of hydrogen-bond donors (Lipinski definition) is 1. The van der Waals surface area contributed by atoms with Crippen LogP contribution in [0.1, 0.15) is 17.3 Å². The summed E-state index contributed by atoms with van der Waals surface area (Å²) in [7, 11) is 3.17. The van der Waals surface area contributed by atoms with Crippen molar-refractivity contribution in [1.29, 1.82) is 0 Å². The number of alkyl halides is 2. The van der Waals surface area contributed by atoms with E-state index in [2.05, 4.69) is 20.0 Å². The van der Waals surface area contributed by atoms with E-state index in [0.29, 0.717) is 17.1 Å². The molecule has 0 saturated heterocycles. The van der Waals surface area contributed by atoms with Gasteiger partial charge in [-0.05, 0) is 13.1 Å². The fraction of sp³-hybridized carbons (Fsp3) is 0.286. The first-order chi connectivity index (χ1) is 10.2. The van der Waals surface area contributed by atoms with E-state index >= 15 is 0 Å². The van der Waals surface area contributed by atoms with E-state index in [0.717, 1.165) is 0 Å². The molecular weight excluding hydrogens is 280 g/mol. The molecule has 0 aliphatic rings. The Morgan fingerprint density at radius 1 is 1.14 bits per heavy atom. The SMILES string of the molecule is CNC(c1ccccc1OC(F)F)c1nccnc1OC. The third kappa shape index (κ3) is 3.43. The molecule has 0 bridgehead atoms. The standard InChI is InChI=1S/C14H15F2N3O2/c1-17-11(12-13(20-2)19-8-7-18-12)9-5-3-4-6-10(9)21-14(15)16/h3-8,11,14,17H,1-2H3. The first kappa shape index (κ1) is 15.1. The molecule has 1 N–H and O–H groups in total. The highest BCUT2D eigenvalue weighted by Crippen LogP contribution is 2.32. The second-order valence-corrected chi connectivity index (χ2v) is 4.09. The third-order valence-electron chi connectivity index (χ3n) is 2.89. The maximum Gasteiger partial charge on any atom is 0.387 e. The van der Waals surface area contributed by atoms with Crippen LogP contribution in [0.4, 0.5) is 8.78 Å². The minimum Gasteiger partial charge on any atom is -0.480 e. The molecule has 112 valence electrons. The maximum absolute atomic E-state index is 12.5. The molecule has 7 heteroatoms. The molecule has 0 aliphatic heterocycles. The smallest absolute Gasteiger partial charge is 0.387 e. The zero-order valence-corrected chi connectivity index (χ0v) is 11.6. The van der Waals surface area contributed by atoms with Crippen LogP contribution in [-0.4, -0.2) is 30.7 Å². The van der Waals surface area contributed by atoms with Gasteiger partial charge in [0.2, 0.25) is 5.88 Å². The lowest BCUT2D eigenvalue weighted by Gasteiger charge is -2.20. The molecule has 1 atom stereocenters. The summed E-state index contributed by atoms with van der Waals surface area (Å²) in [4.78, 5) is 8.29. The zero-order chi connectivity index (χ0) is 15.2. The number of rotatable bonds is 6. The molecule has 1 heterocycles. The minimum absolute atomic E-state index is 0.0829. The molecule has 1 unspecified atom stereocenters. The number of methoxy groups -OCH3 is 1. The van der Waals surface area contributed by atoms with Crippen molar-refractivity contribution in [2.45, 2.75) is 12.7 Å². The van der Waals surface area contributed by atoms with Gasteiger partial charge in [-0.2, -0.15) is 8.78 Å². The van der Waals surface area contributed by atoms with Crippen molar-refractivity contribution in [2.75, 3.05) is 14.2 Å². The second-order valence-electron chi connectivity index (χ2n) is 4.09. The van der Waals surface area contributed by atoms with Crippen molar-refractivity contribution >= 4 is 0 Å². The Bertz CT molecular complexity index is 596. The molecule has 1 aromatic heterocycles. The molecule has 21 heavy (non-hydrogen) atoms. The largest absolute Gasteiger partial charge is 0.480 e. The Morgan fingerprint density at radius 3 is 2.52 bits per heavy atom. The average Bonchev–Trinajstić information content (AvgIpc) is 2.49. The van der Waals surface area contributed by atoms with Gasteiger partial charge in [0.1, 0.15) is 11.4 Å². The van der Waals surface area contributed by atoms with Gasteiger partial charge in [0, 0.05) is 18.0 Å². The summed E-state index contributed by atoms with van der Waals surface area (Å²) in [6, 6.07) is 6.05. The van der Waals surface area contributed by atoms with Crippen LogP contribution in [0.15, 0.2) is 36.7 Å². The van der Waals surface area contributed by atoms with Gasteiger partial charge < -0.3 is 14.8 Å². The number of nitrogens with one attached hydrogen (secondary N) is 1. The predicted octanol–water partition coefficient (Wildman–Crippen LogP) is 2.40. The Morgan fingerprint density at radius 2 is 1.86 bits per heavy atom. The quantitative estimate of drug-likeness (QED) is 0.887. The molecule has 0 amide bonds. The number of nitrogens with zero attached hydrogens (tertiary/aromatic N) is 2. The van der Waals surface area contributed by atoms with Gasteiger partial charge in [0.15, 0.2) is 0 Å². The van der Waals surface area contributed by atoms with Gasteiger partial charge >= 0.3 is 6.61 Å². The van der Waals surface area contributed by atoms with E-state index < -0.39 is 12.7 Å². The Balaban J connectivity index is 2.46.